The second kappa shape index (κ2) is 5.36. The Morgan fingerprint density at radius 2 is 2.22 bits per heavy atom. The van der Waals surface area contributed by atoms with Crippen molar-refractivity contribution in [2.45, 2.75) is 25.8 Å². The lowest BCUT2D eigenvalue weighted by Gasteiger charge is -2.24. The Labute approximate surface area is 120 Å². The number of aryl methyl sites for hydroxylation is 1. The van der Waals surface area contributed by atoms with Gasteiger partial charge in [-0.25, -0.2) is 0 Å². The minimum atomic E-state index is -0.0909. The summed E-state index contributed by atoms with van der Waals surface area (Å²) in [4.78, 5) is 14.6. The van der Waals surface area contributed by atoms with Crippen molar-refractivity contribution in [3.8, 4) is 0 Å². The molecule has 0 aromatic heterocycles. The number of benzene rings is 1. The molecule has 1 amide bonds. The van der Waals surface area contributed by atoms with Crippen LogP contribution in [0.2, 0.25) is 0 Å². The molecule has 2 rings (SSSR count). The van der Waals surface area contributed by atoms with Gasteiger partial charge in [-0.3, -0.25) is 4.79 Å². The Morgan fingerprint density at radius 1 is 1.50 bits per heavy atom. The molecule has 1 aromatic carbocycles. The second-order valence-corrected chi connectivity index (χ2v) is 5.96. The molecule has 0 radical (unpaired) electrons. The smallest absolute Gasteiger partial charge is 0.254 e. The van der Waals surface area contributed by atoms with E-state index in [1.165, 1.54) is 0 Å². The normalized spacial score (nSPS) is 19.0. The Kier molecular flexibility index (Phi) is 4.02. The molecular weight excluding hydrogens is 312 g/mol. The molecule has 1 aliphatic rings. The van der Waals surface area contributed by atoms with E-state index in [-0.39, 0.29) is 11.9 Å². The fourth-order valence-corrected chi connectivity index (χ4v) is 3.18. The van der Waals surface area contributed by atoms with Crippen molar-refractivity contribution < 1.29 is 4.79 Å². The van der Waals surface area contributed by atoms with Crippen LogP contribution in [-0.2, 0) is 0 Å². The lowest BCUT2D eigenvalue weighted by Crippen LogP contribution is -2.42. The van der Waals surface area contributed by atoms with Gasteiger partial charge >= 0.3 is 0 Å². The first-order valence-electron chi connectivity index (χ1n) is 5.86. The van der Waals surface area contributed by atoms with Crippen LogP contribution in [0.25, 0.3) is 0 Å². The summed E-state index contributed by atoms with van der Waals surface area (Å²) in [5.41, 5.74) is 7.43. The van der Waals surface area contributed by atoms with E-state index in [4.69, 9.17) is 18.0 Å². The molecule has 0 saturated carbocycles. The summed E-state index contributed by atoms with van der Waals surface area (Å²) in [6.45, 7) is 2.70. The van der Waals surface area contributed by atoms with Gasteiger partial charge in [-0.15, -0.1) is 0 Å². The number of hydrogen-bond donors (Lipinski definition) is 1. The Bertz CT molecular complexity index is 484. The lowest BCUT2D eigenvalue weighted by atomic mass is 10.1. The van der Waals surface area contributed by atoms with E-state index in [1.807, 2.05) is 25.1 Å². The lowest BCUT2D eigenvalue weighted by molar-refractivity contribution is 0.0770. The van der Waals surface area contributed by atoms with Crippen LogP contribution in [0.4, 0.5) is 0 Å². The summed E-state index contributed by atoms with van der Waals surface area (Å²) < 4.78 is 0.914. The second-order valence-electron chi connectivity index (χ2n) is 4.58. The molecule has 0 spiro atoms. The zero-order valence-corrected chi connectivity index (χ0v) is 12.6. The summed E-state index contributed by atoms with van der Waals surface area (Å²) in [5, 5.41) is 0. The minimum absolute atomic E-state index is 0.00898. The van der Waals surface area contributed by atoms with Crippen LogP contribution in [0.15, 0.2) is 22.7 Å². The SMILES string of the molecule is Cc1cc(Br)cc(C(=O)N2CCCC2C(N)=S)c1. The van der Waals surface area contributed by atoms with Crippen LogP contribution >= 0.6 is 28.1 Å². The van der Waals surface area contributed by atoms with Crippen LogP contribution in [0, 0.1) is 6.92 Å². The number of hydrogen-bond acceptors (Lipinski definition) is 2. The van der Waals surface area contributed by atoms with Gasteiger partial charge in [-0.2, -0.15) is 0 Å². The number of nitrogens with zero attached hydrogens (tertiary/aromatic N) is 1. The van der Waals surface area contributed by atoms with Gasteiger partial charge in [-0.05, 0) is 43.5 Å². The maximum absolute atomic E-state index is 12.5. The molecule has 1 fully saturated rings. The minimum Gasteiger partial charge on any atom is -0.392 e. The Morgan fingerprint density at radius 3 is 2.83 bits per heavy atom. The number of rotatable bonds is 2. The summed E-state index contributed by atoms with van der Waals surface area (Å²) in [5.74, 6) is 0.00898. The highest BCUT2D eigenvalue weighted by Crippen LogP contribution is 2.22. The number of amides is 1. The van der Waals surface area contributed by atoms with Crippen molar-refractivity contribution in [1.29, 1.82) is 0 Å². The van der Waals surface area contributed by atoms with Crippen molar-refractivity contribution >= 4 is 39.0 Å². The van der Waals surface area contributed by atoms with E-state index in [1.54, 1.807) is 4.90 Å². The largest absolute Gasteiger partial charge is 0.392 e. The van der Waals surface area contributed by atoms with Gasteiger partial charge in [0, 0.05) is 16.6 Å². The summed E-state index contributed by atoms with van der Waals surface area (Å²) >= 11 is 8.44. The summed E-state index contributed by atoms with van der Waals surface area (Å²) in [7, 11) is 0. The van der Waals surface area contributed by atoms with Crippen molar-refractivity contribution in [3.63, 3.8) is 0 Å². The van der Waals surface area contributed by atoms with Gasteiger partial charge in [0.15, 0.2) is 0 Å². The predicted octanol–water partition coefficient (Wildman–Crippen LogP) is 2.65. The van der Waals surface area contributed by atoms with Crippen LogP contribution in [-0.4, -0.2) is 28.4 Å². The Balaban J connectivity index is 2.28. The molecule has 0 bridgehead atoms. The highest BCUT2D eigenvalue weighted by atomic mass is 79.9. The molecule has 1 aromatic rings. The average Bonchev–Trinajstić information content (AvgIpc) is 2.75. The number of carbonyl (C=O) groups excluding carboxylic acids is 1. The maximum Gasteiger partial charge on any atom is 0.254 e. The topological polar surface area (TPSA) is 46.3 Å². The molecule has 3 nitrogen and oxygen atoms in total. The van der Waals surface area contributed by atoms with E-state index in [9.17, 15) is 4.79 Å². The maximum atomic E-state index is 12.5. The number of nitrogens with two attached hydrogens (primary N) is 1. The molecule has 5 heteroatoms. The molecule has 18 heavy (non-hydrogen) atoms. The van der Waals surface area contributed by atoms with Crippen LogP contribution < -0.4 is 5.73 Å². The monoisotopic (exact) mass is 326 g/mol. The van der Waals surface area contributed by atoms with Crippen molar-refractivity contribution in [2.24, 2.45) is 5.73 Å². The molecule has 1 aliphatic heterocycles. The highest BCUT2D eigenvalue weighted by Gasteiger charge is 2.31. The molecule has 96 valence electrons. The molecule has 2 N–H and O–H groups in total. The number of thiocarbonyl (C=S) groups is 1. The van der Waals surface area contributed by atoms with E-state index in [2.05, 4.69) is 15.9 Å². The van der Waals surface area contributed by atoms with Gasteiger partial charge in [0.05, 0.1) is 11.0 Å². The van der Waals surface area contributed by atoms with E-state index in [0.29, 0.717) is 10.6 Å². The fourth-order valence-electron chi connectivity index (χ4n) is 2.33. The van der Waals surface area contributed by atoms with Crippen LogP contribution in [0.3, 0.4) is 0 Å². The molecule has 0 aliphatic carbocycles. The summed E-state index contributed by atoms with van der Waals surface area (Å²) in [6, 6.07) is 5.62. The van der Waals surface area contributed by atoms with Crippen LogP contribution in [0.1, 0.15) is 28.8 Å². The van der Waals surface area contributed by atoms with Gasteiger partial charge in [-0.1, -0.05) is 28.1 Å². The molecule has 1 atom stereocenters. The van der Waals surface area contributed by atoms with Gasteiger partial charge in [0.2, 0.25) is 0 Å². The van der Waals surface area contributed by atoms with E-state index in [0.717, 1.165) is 29.4 Å². The first kappa shape index (κ1) is 13.5. The summed E-state index contributed by atoms with van der Waals surface area (Å²) in [6.07, 6.45) is 1.83. The number of carbonyl (C=O) groups is 1. The van der Waals surface area contributed by atoms with Crippen molar-refractivity contribution in [2.75, 3.05) is 6.54 Å². The molecule has 1 heterocycles. The van der Waals surface area contributed by atoms with Gasteiger partial charge in [0.25, 0.3) is 5.91 Å². The zero-order valence-electron chi connectivity index (χ0n) is 10.1. The standard InChI is InChI=1S/C13H15BrN2OS/c1-8-5-9(7-10(14)6-8)13(17)16-4-2-3-11(16)12(15)18/h5-7,11H,2-4H2,1H3,(H2,15,18). The third-order valence-electron chi connectivity index (χ3n) is 3.13. The number of halogens is 1. The molecular formula is C13H15BrN2OS. The van der Waals surface area contributed by atoms with Gasteiger partial charge in [0.1, 0.15) is 0 Å². The third-order valence-corrected chi connectivity index (χ3v) is 3.86. The fraction of sp³-hybridized carbons (Fsp3) is 0.385. The van der Waals surface area contributed by atoms with Gasteiger partial charge < -0.3 is 10.6 Å². The van der Waals surface area contributed by atoms with Crippen molar-refractivity contribution in [1.82, 2.24) is 4.90 Å². The first-order chi connectivity index (χ1) is 8.49. The Hall–Kier alpha value is -0.940. The van der Waals surface area contributed by atoms with Crippen molar-refractivity contribution in [3.05, 3.63) is 33.8 Å². The number of likely N-dealkylation sites (tertiary alicyclic amines) is 1. The zero-order chi connectivity index (χ0) is 13.3. The highest BCUT2D eigenvalue weighted by molar-refractivity contribution is 9.10. The average molecular weight is 327 g/mol. The quantitative estimate of drug-likeness (QED) is 0.850. The van der Waals surface area contributed by atoms with E-state index >= 15 is 0 Å². The van der Waals surface area contributed by atoms with Crippen LogP contribution in [0.5, 0.6) is 0 Å². The predicted molar refractivity (Wildman–Crippen MR) is 79.7 cm³/mol. The molecule has 1 saturated heterocycles. The molecule has 1 unspecified atom stereocenters. The third kappa shape index (κ3) is 2.72. The first-order valence-corrected chi connectivity index (χ1v) is 7.06. The van der Waals surface area contributed by atoms with E-state index < -0.39 is 0 Å².